The predicted octanol–water partition coefficient (Wildman–Crippen LogP) is 4.76. The Kier molecular flexibility index (Phi) is 4.41. The first-order valence-corrected chi connectivity index (χ1v) is 8.32. The average Bonchev–Trinajstić information content (AvgIpc) is 2.95. The van der Waals surface area contributed by atoms with Crippen molar-refractivity contribution in [1.29, 1.82) is 5.26 Å². The van der Waals surface area contributed by atoms with Crippen molar-refractivity contribution in [3.63, 3.8) is 0 Å². The molecule has 3 aromatic rings. The molecule has 0 aliphatic carbocycles. The maximum absolute atomic E-state index is 9.53. The van der Waals surface area contributed by atoms with Crippen LogP contribution in [-0.4, -0.2) is 24.1 Å². The largest absolute Gasteiger partial charge is 0.377 e. The van der Waals surface area contributed by atoms with E-state index >= 15 is 0 Å². The lowest BCUT2D eigenvalue weighted by Gasteiger charge is -2.14. The van der Waals surface area contributed by atoms with Crippen LogP contribution in [-0.2, 0) is 0 Å². The molecule has 0 unspecified atom stereocenters. The summed E-state index contributed by atoms with van der Waals surface area (Å²) in [5.41, 5.74) is 5.50. The second kappa shape index (κ2) is 6.50. The maximum Gasteiger partial charge on any atom is 0.149 e. The first kappa shape index (κ1) is 16.3. The predicted molar refractivity (Wildman–Crippen MR) is 103 cm³/mol. The van der Waals surface area contributed by atoms with Gasteiger partial charge in [-0.1, -0.05) is 12.1 Å². The number of H-pyrrole nitrogens is 1. The molecule has 24 heavy (non-hydrogen) atoms. The molecule has 0 saturated carbocycles. The Morgan fingerprint density at radius 1 is 1.25 bits per heavy atom. The van der Waals surface area contributed by atoms with Crippen LogP contribution in [0, 0.1) is 18.3 Å². The number of fused-ring (bicyclic) bond motifs is 1. The molecule has 0 atom stereocenters. The van der Waals surface area contributed by atoms with Gasteiger partial charge in [-0.15, -0.1) is 0 Å². The average molecular weight is 381 g/mol. The van der Waals surface area contributed by atoms with Gasteiger partial charge < -0.3 is 9.88 Å². The summed E-state index contributed by atoms with van der Waals surface area (Å²) < 4.78 is 0.985. The van der Waals surface area contributed by atoms with Gasteiger partial charge in [0.15, 0.2) is 0 Å². The zero-order valence-electron chi connectivity index (χ0n) is 13.8. The van der Waals surface area contributed by atoms with Crippen LogP contribution >= 0.6 is 15.9 Å². The minimum atomic E-state index is 0.508. The third-order valence-electron chi connectivity index (χ3n) is 3.78. The van der Waals surface area contributed by atoms with Gasteiger partial charge in [-0.3, -0.25) is 0 Å². The highest BCUT2D eigenvalue weighted by atomic mass is 79.9. The SMILES string of the molecule is Cc1ccc2nc(/C(C#N)=C/c3ccc(N(C)C)c(Br)c3)[nH]c2c1. The monoisotopic (exact) mass is 380 g/mol. The molecule has 1 N–H and O–H groups in total. The number of aryl methyl sites for hydroxylation is 1. The highest BCUT2D eigenvalue weighted by Crippen LogP contribution is 2.27. The molecule has 0 spiro atoms. The van der Waals surface area contributed by atoms with Crippen LogP contribution < -0.4 is 4.90 Å². The van der Waals surface area contributed by atoms with Crippen molar-refractivity contribution >= 4 is 44.3 Å². The number of rotatable bonds is 3. The summed E-state index contributed by atoms with van der Waals surface area (Å²) in [6.07, 6.45) is 1.84. The van der Waals surface area contributed by atoms with Gasteiger partial charge in [0, 0.05) is 18.6 Å². The fraction of sp³-hybridized carbons (Fsp3) is 0.158. The number of halogens is 1. The van der Waals surface area contributed by atoms with E-state index in [0.29, 0.717) is 11.4 Å². The summed E-state index contributed by atoms with van der Waals surface area (Å²) in [7, 11) is 3.99. The van der Waals surface area contributed by atoms with Gasteiger partial charge in [-0.25, -0.2) is 4.98 Å². The summed E-state index contributed by atoms with van der Waals surface area (Å²) >= 11 is 3.57. The van der Waals surface area contributed by atoms with Gasteiger partial charge in [0.25, 0.3) is 0 Å². The Hall–Kier alpha value is -2.58. The van der Waals surface area contributed by atoms with Crippen molar-refractivity contribution in [2.24, 2.45) is 0 Å². The topological polar surface area (TPSA) is 55.7 Å². The second-order valence-electron chi connectivity index (χ2n) is 5.88. The van der Waals surface area contributed by atoms with Crippen molar-refractivity contribution in [2.75, 3.05) is 19.0 Å². The van der Waals surface area contributed by atoms with E-state index in [9.17, 15) is 5.26 Å². The van der Waals surface area contributed by atoms with Crippen LogP contribution in [0.2, 0.25) is 0 Å². The number of hydrogen-bond donors (Lipinski definition) is 1. The Labute approximate surface area is 149 Å². The van der Waals surface area contributed by atoms with Crippen molar-refractivity contribution in [3.05, 3.63) is 57.8 Å². The Morgan fingerprint density at radius 2 is 2.04 bits per heavy atom. The van der Waals surface area contributed by atoms with Gasteiger partial charge in [0.05, 0.1) is 22.3 Å². The normalized spacial score (nSPS) is 11.5. The molecule has 5 heteroatoms. The van der Waals surface area contributed by atoms with E-state index in [0.717, 1.165) is 32.3 Å². The number of benzene rings is 2. The number of allylic oxidation sites excluding steroid dienone is 1. The lowest BCUT2D eigenvalue weighted by Crippen LogP contribution is -2.09. The Balaban J connectivity index is 2.02. The van der Waals surface area contributed by atoms with Gasteiger partial charge in [0.1, 0.15) is 11.9 Å². The molecule has 1 aromatic heterocycles. The number of nitrogens with zero attached hydrogens (tertiary/aromatic N) is 3. The lowest BCUT2D eigenvalue weighted by atomic mass is 10.1. The van der Waals surface area contributed by atoms with Gasteiger partial charge in [0.2, 0.25) is 0 Å². The molecule has 2 aromatic carbocycles. The summed E-state index contributed by atoms with van der Waals surface area (Å²) in [6, 6.07) is 14.3. The van der Waals surface area contributed by atoms with Gasteiger partial charge in [-0.05, 0) is 64.3 Å². The van der Waals surface area contributed by atoms with Crippen molar-refractivity contribution in [3.8, 4) is 6.07 Å². The van der Waals surface area contributed by atoms with Crippen molar-refractivity contribution in [2.45, 2.75) is 6.92 Å². The van der Waals surface area contributed by atoms with E-state index < -0.39 is 0 Å². The molecule has 0 radical (unpaired) electrons. The number of imidazole rings is 1. The number of nitriles is 1. The molecule has 0 amide bonds. The molecule has 0 bridgehead atoms. The molecular formula is C19H17BrN4. The maximum atomic E-state index is 9.53. The van der Waals surface area contributed by atoms with Crippen LogP contribution in [0.25, 0.3) is 22.7 Å². The van der Waals surface area contributed by atoms with Crippen molar-refractivity contribution in [1.82, 2.24) is 9.97 Å². The molecule has 4 nitrogen and oxygen atoms in total. The van der Waals surface area contributed by atoms with Gasteiger partial charge >= 0.3 is 0 Å². The van der Waals surface area contributed by atoms with E-state index in [2.05, 4.69) is 32.0 Å². The fourth-order valence-corrected chi connectivity index (χ4v) is 3.30. The van der Waals surface area contributed by atoms with E-state index in [1.165, 1.54) is 0 Å². The van der Waals surface area contributed by atoms with Crippen molar-refractivity contribution < 1.29 is 0 Å². The standard InChI is InChI=1S/C19H17BrN4/c1-12-4-6-16-17(8-12)23-19(22-16)14(11-21)9-13-5-7-18(24(2)3)15(20)10-13/h4-10H,1-3H3,(H,22,23)/b14-9+. The van der Waals surface area contributed by atoms with Crippen LogP contribution in [0.5, 0.6) is 0 Å². The summed E-state index contributed by atoms with van der Waals surface area (Å²) in [6.45, 7) is 2.03. The molecule has 1 heterocycles. The van der Waals surface area contributed by atoms with Crippen LogP contribution in [0.3, 0.4) is 0 Å². The second-order valence-corrected chi connectivity index (χ2v) is 6.74. The summed E-state index contributed by atoms with van der Waals surface area (Å²) in [4.78, 5) is 9.79. The zero-order valence-corrected chi connectivity index (χ0v) is 15.3. The molecule has 120 valence electrons. The highest BCUT2D eigenvalue weighted by Gasteiger charge is 2.09. The van der Waals surface area contributed by atoms with Gasteiger partial charge in [-0.2, -0.15) is 5.26 Å². The van der Waals surface area contributed by atoms with Crippen LogP contribution in [0.4, 0.5) is 5.69 Å². The molecule has 0 fully saturated rings. The zero-order chi connectivity index (χ0) is 17.3. The first-order chi connectivity index (χ1) is 11.5. The quantitative estimate of drug-likeness (QED) is 0.666. The number of aromatic amines is 1. The number of anilines is 1. The molecule has 0 aliphatic heterocycles. The first-order valence-electron chi connectivity index (χ1n) is 7.53. The third kappa shape index (κ3) is 3.19. The third-order valence-corrected chi connectivity index (χ3v) is 4.41. The van der Waals surface area contributed by atoms with E-state index in [1.54, 1.807) is 0 Å². The number of nitrogens with one attached hydrogen (secondary N) is 1. The van der Waals surface area contributed by atoms with E-state index in [4.69, 9.17) is 0 Å². The lowest BCUT2D eigenvalue weighted by molar-refractivity contribution is 1.12. The van der Waals surface area contributed by atoms with E-state index in [-0.39, 0.29) is 0 Å². The smallest absolute Gasteiger partial charge is 0.149 e. The Morgan fingerprint density at radius 3 is 2.71 bits per heavy atom. The van der Waals surface area contributed by atoms with Crippen LogP contribution in [0.1, 0.15) is 17.0 Å². The van der Waals surface area contributed by atoms with E-state index in [1.807, 2.05) is 68.4 Å². The summed E-state index contributed by atoms with van der Waals surface area (Å²) in [5.74, 6) is 0.589. The number of aromatic nitrogens is 2. The molecule has 0 aliphatic rings. The Bertz CT molecular complexity index is 977. The number of hydrogen-bond acceptors (Lipinski definition) is 3. The minimum Gasteiger partial charge on any atom is -0.377 e. The van der Waals surface area contributed by atoms with Crippen LogP contribution in [0.15, 0.2) is 40.9 Å². The molecule has 0 saturated heterocycles. The molecule has 3 rings (SSSR count). The molecular weight excluding hydrogens is 364 g/mol. The fourth-order valence-electron chi connectivity index (χ4n) is 2.55. The highest BCUT2D eigenvalue weighted by molar-refractivity contribution is 9.10. The minimum absolute atomic E-state index is 0.508. The summed E-state index contributed by atoms with van der Waals surface area (Å²) in [5, 5.41) is 9.53.